The molecule has 1 aromatic rings. The van der Waals surface area contributed by atoms with Gasteiger partial charge in [-0.15, -0.1) is 0 Å². The Balaban J connectivity index is 2.04. The van der Waals surface area contributed by atoms with Gasteiger partial charge in [-0.1, -0.05) is 18.2 Å². The summed E-state index contributed by atoms with van der Waals surface area (Å²) in [4.78, 5) is 0. The van der Waals surface area contributed by atoms with E-state index >= 15 is 0 Å². The molecule has 2 nitrogen and oxygen atoms in total. The van der Waals surface area contributed by atoms with Crippen LogP contribution in [-0.4, -0.2) is 10.2 Å². The first-order valence-electron chi connectivity index (χ1n) is 5.41. The minimum Gasteiger partial charge on any atom is -0.504 e. The average Bonchev–Trinajstić information content (AvgIpc) is 2.25. The fourth-order valence-corrected chi connectivity index (χ4v) is 2.07. The Labute approximate surface area is 89.9 Å². The summed E-state index contributed by atoms with van der Waals surface area (Å²) in [7, 11) is 0. The average molecular weight is 204 g/mol. The number of phenols is 2. The van der Waals surface area contributed by atoms with Gasteiger partial charge < -0.3 is 10.2 Å². The number of benzene rings is 1. The van der Waals surface area contributed by atoms with Crippen LogP contribution in [0.4, 0.5) is 0 Å². The maximum atomic E-state index is 9.37. The maximum absolute atomic E-state index is 9.37. The molecule has 80 valence electrons. The molecular weight excluding hydrogens is 188 g/mol. The predicted octanol–water partition coefficient (Wildman–Crippen LogP) is 3.00. The van der Waals surface area contributed by atoms with Crippen molar-refractivity contribution >= 4 is 0 Å². The summed E-state index contributed by atoms with van der Waals surface area (Å²) in [5.74, 6) is 0.625. The summed E-state index contributed by atoms with van der Waals surface area (Å²) in [6.45, 7) is 0. The number of allylic oxidation sites excluding steroid dienone is 2. The third-order valence-electron chi connectivity index (χ3n) is 2.94. The smallest absolute Gasteiger partial charge is 0.157 e. The summed E-state index contributed by atoms with van der Waals surface area (Å²) < 4.78 is 0. The molecule has 0 spiro atoms. The second-order valence-corrected chi connectivity index (χ2v) is 4.18. The topological polar surface area (TPSA) is 40.5 Å². The molecule has 0 radical (unpaired) electrons. The Morgan fingerprint density at radius 2 is 2.00 bits per heavy atom. The number of hydrogen-bond donors (Lipinski definition) is 2. The third-order valence-corrected chi connectivity index (χ3v) is 2.94. The van der Waals surface area contributed by atoms with Crippen LogP contribution in [0.15, 0.2) is 30.4 Å². The highest BCUT2D eigenvalue weighted by molar-refractivity contribution is 5.40. The first kappa shape index (κ1) is 10.1. The first-order valence-corrected chi connectivity index (χ1v) is 5.41. The molecule has 0 heterocycles. The van der Waals surface area contributed by atoms with Crippen molar-refractivity contribution in [2.45, 2.75) is 25.7 Å². The molecule has 0 bridgehead atoms. The molecule has 0 fully saturated rings. The van der Waals surface area contributed by atoms with Gasteiger partial charge in [0.15, 0.2) is 11.5 Å². The van der Waals surface area contributed by atoms with Gasteiger partial charge in [0.1, 0.15) is 0 Å². The highest BCUT2D eigenvalue weighted by Gasteiger charge is 2.11. The van der Waals surface area contributed by atoms with Crippen LogP contribution in [0, 0.1) is 5.92 Å². The lowest BCUT2D eigenvalue weighted by Gasteiger charge is -2.17. The number of hydrogen-bond acceptors (Lipinski definition) is 2. The highest BCUT2D eigenvalue weighted by atomic mass is 16.3. The molecule has 2 heteroatoms. The fraction of sp³-hybridized carbons (Fsp3) is 0.385. The van der Waals surface area contributed by atoms with Crippen LogP contribution in [0.1, 0.15) is 24.8 Å². The van der Waals surface area contributed by atoms with Crippen molar-refractivity contribution in [1.29, 1.82) is 0 Å². The van der Waals surface area contributed by atoms with Crippen molar-refractivity contribution in [3.05, 3.63) is 35.9 Å². The Morgan fingerprint density at radius 3 is 2.67 bits per heavy atom. The Kier molecular flexibility index (Phi) is 2.95. The normalized spacial score (nSPS) is 20.4. The van der Waals surface area contributed by atoms with E-state index in [2.05, 4.69) is 12.2 Å². The van der Waals surface area contributed by atoms with E-state index in [1.807, 2.05) is 6.07 Å². The molecule has 15 heavy (non-hydrogen) atoms. The van der Waals surface area contributed by atoms with E-state index in [4.69, 9.17) is 0 Å². The van der Waals surface area contributed by atoms with E-state index in [9.17, 15) is 10.2 Å². The van der Waals surface area contributed by atoms with Gasteiger partial charge >= 0.3 is 0 Å². The highest BCUT2D eigenvalue weighted by Crippen LogP contribution is 2.28. The molecular formula is C13H16O2. The lowest BCUT2D eigenvalue weighted by molar-refractivity contribution is 0.402. The molecule has 1 aliphatic carbocycles. The molecule has 0 saturated carbocycles. The van der Waals surface area contributed by atoms with Crippen LogP contribution in [0.3, 0.4) is 0 Å². The SMILES string of the molecule is Oc1ccc(C[C@@H]2CC=CCC2)cc1O. The zero-order valence-corrected chi connectivity index (χ0v) is 8.69. The lowest BCUT2D eigenvalue weighted by Crippen LogP contribution is -2.05. The van der Waals surface area contributed by atoms with Gasteiger partial charge in [-0.2, -0.15) is 0 Å². The minimum atomic E-state index is -0.0395. The summed E-state index contributed by atoms with van der Waals surface area (Å²) in [6.07, 6.45) is 8.95. The fourth-order valence-electron chi connectivity index (χ4n) is 2.07. The number of phenolic OH excluding ortho intramolecular Hbond substituents is 2. The first-order chi connectivity index (χ1) is 7.25. The van der Waals surface area contributed by atoms with Gasteiger partial charge in [0.25, 0.3) is 0 Å². The van der Waals surface area contributed by atoms with Crippen LogP contribution < -0.4 is 0 Å². The zero-order valence-electron chi connectivity index (χ0n) is 8.69. The molecule has 0 unspecified atom stereocenters. The largest absolute Gasteiger partial charge is 0.504 e. The summed E-state index contributed by atoms with van der Waals surface area (Å²) in [5, 5.41) is 18.6. The Hall–Kier alpha value is -1.44. The lowest BCUT2D eigenvalue weighted by atomic mass is 9.88. The van der Waals surface area contributed by atoms with Gasteiger partial charge in [-0.05, 0) is 49.3 Å². The van der Waals surface area contributed by atoms with Gasteiger partial charge in [0.05, 0.1) is 0 Å². The molecule has 0 aliphatic heterocycles. The summed E-state index contributed by atoms with van der Waals surface area (Å²) in [5.41, 5.74) is 1.10. The molecule has 0 aromatic heterocycles. The van der Waals surface area contributed by atoms with Crippen LogP contribution >= 0.6 is 0 Å². The van der Waals surface area contributed by atoms with Crippen molar-refractivity contribution < 1.29 is 10.2 Å². The Morgan fingerprint density at radius 1 is 1.13 bits per heavy atom. The van der Waals surface area contributed by atoms with E-state index in [1.54, 1.807) is 12.1 Å². The molecule has 2 rings (SSSR count). The van der Waals surface area contributed by atoms with Crippen LogP contribution in [-0.2, 0) is 6.42 Å². The van der Waals surface area contributed by atoms with E-state index in [-0.39, 0.29) is 11.5 Å². The number of aromatic hydroxyl groups is 2. The van der Waals surface area contributed by atoms with Gasteiger partial charge in [-0.3, -0.25) is 0 Å². The minimum absolute atomic E-state index is 0.0150. The van der Waals surface area contributed by atoms with E-state index in [1.165, 1.54) is 6.42 Å². The molecule has 0 saturated heterocycles. The van der Waals surface area contributed by atoms with Crippen LogP contribution in [0.5, 0.6) is 11.5 Å². The van der Waals surface area contributed by atoms with Crippen molar-refractivity contribution in [3.63, 3.8) is 0 Å². The van der Waals surface area contributed by atoms with Gasteiger partial charge in [-0.25, -0.2) is 0 Å². The summed E-state index contributed by atoms with van der Waals surface area (Å²) in [6, 6.07) is 5.10. The standard InChI is InChI=1S/C13H16O2/c14-12-7-6-11(9-13(12)15)8-10-4-2-1-3-5-10/h1-2,6-7,9-10,14-15H,3-5,8H2/t10-/m1/s1. The van der Waals surface area contributed by atoms with Crippen molar-refractivity contribution in [1.82, 2.24) is 0 Å². The van der Waals surface area contributed by atoms with Crippen molar-refractivity contribution in [2.24, 2.45) is 5.92 Å². The van der Waals surface area contributed by atoms with Gasteiger partial charge in [0, 0.05) is 0 Å². The molecule has 1 aromatic carbocycles. The monoisotopic (exact) mass is 204 g/mol. The van der Waals surface area contributed by atoms with Crippen LogP contribution in [0.2, 0.25) is 0 Å². The second-order valence-electron chi connectivity index (χ2n) is 4.18. The van der Waals surface area contributed by atoms with Crippen LogP contribution in [0.25, 0.3) is 0 Å². The molecule has 2 N–H and O–H groups in total. The molecule has 1 aliphatic rings. The number of rotatable bonds is 2. The van der Waals surface area contributed by atoms with E-state index in [0.717, 1.165) is 24.8 Å². The summed E-state index contributed by atoms with van der Waals surface area (Å²) >= 11 is 0. The predicted molar refractivity (Wildman–Crippen MR) is 60.0 cm³/mol. The Bertz CT molecular complexity index is 369. The van der Waals surface area contributed by atoms with E-state index < -0.39 is 0 Å². The molecule has 1 atom stereocenters. The van der Waals surface area contributed by atoms with Gasteiger partial charge in [0.2, 0.25) is 0 Å². The maximum Gasteiger partial charge on any atom is 0.157 e. The quantitative estimate of drug-likeness (QED) is 0.574. The second kappa shape index (κ2) is 4.39. The third kappa shape index (κ3) is 2.52. The van der Waals surface area contributed by atoms with Crippen molar-refractivity contribution in [3.8, 4) is 11.5 Å². The van der Waals surface area contributed by atoms with Crippen molar-refractivity contribution in [2.75, 3.05) is 0 Å². The molecule has 0 amide bonds. The van der Waals surface area contributed by atoms with E-state index in [0.29, 0.717) is 5.92 Å². The zero-order chi connectivity index (χ0) is 10.7.